The molecule has 5 rings (SSSR count). The fraction of sp³-hybridized carbons (Fsp3) is 0.500. The van der Waals surface area contributed by atoms with Crippen LogP contribution >= 0.6 is 11.3 Å². The molecule has 0 aromatic carbocycles. The summed E-state index contributed by atoms with van der Waals surface area (Å²) in [5.74, 6) is 1.71. The summed E-state index contributed by atoms with van der Waals surface area (Å²) in [6.45, 7) is 3.27. The lowest BCUT2D eigenvalue weighted by Crippen LogP contribution is -2.28. The number of nitrogens with one attached hydrogen (secondary N) is 2. The zero-order valence-corrected chi connectivity index (χ0v) is 17.9. The van der Waals surface area contributed by atoms with E-state index in [9.17, 15) is 5.11 Å². The SMILES string of the molecule is OC1CCC(Nc2cc(CN3CCCC3)cc(Nc3nc4cccnc4s3)n2)CC1. The van der Waals surface area contributed by atoms with Crippen molar-refractivity contribution in [1.29, 1.82) is 0 Å². The Hall–Kier alpha value is -2.29. The Balaban J connectivity index is 1.38. The Labute approximate surface area is 180 Å². The molecule has 4 heterocycles. The van der Waals surface area contributed by atoms with Crippen LogP contribution in [0.3, 0.4) is 0 Å². The predicted molar refractivity (Wildman–Crippen MR) is 121 cm³/mol. The predicted octanol–water partition coefficient (Wildman–Crippen LogP) is 4.14. The molecule has 0 unspecified atom stereocenters. The van der Waals surface area contributed by atoms with E-state index in [2.05, 4.69) is 37.6 Å². The van der Waals surface area contributed by atoms with E-state index < -0.39 is 0 Å². The molecule has 0 amide bonds. The van der Waals surface area contributed by atoms with Gasteiger partial charge in [-0.25, -0.2) is 15.0 Å². The number of aliphatic hydroxyl groups is 1. The molecule has 2 fully saturated rings. The van der Waals surface area contributed by atoms with Crippen LogP contribution in [0.1, 0.15) is 44.1 Å². The third-order valence-corrected chi connectivity index (χ3v) is 6.83. The Bertz CT molecular complexity index is 961. The first kappa shape index (κ1) is 19.7. The maximum atomic E-state index is 9.79. The molecule has 1 saturated heterocycles. The van der Waals surface area contributed by atoms with Crippen molar-refractivity contribution in [2.24, 2.45) is 0 Å². The van der Waals surface area contributed by atoms with Gasteiger partial charge in [-0.2, -0.15) is 0 Å². The van der Waals surface area contributed by atoms with Crippen LogP contribution in [0.2, 0.25) is 0 Å². The minimum atomic E-state index is -0.151. The number of fused-ring (bicyclic) bond motifs is 1. The summed E-state index contributed by atoms with van der Waals surface area (Å²) in [5, 5.41) is 17.6. The minimum absolute atomic E-state index is 0.151. The molecule has 1 aliphatic heterocycles. The van der Waals surface area contributed by atoms with Crippen LogP contribution in [0, 0.1) is 0 Å². The molecule has 0 radical (unpaired) electrons. The van der Waals surface area contributed by atoms with Gasteiger partial charge in [0.1, 0.15) is 22.0 Å². The lowest BCUT2D eigenvalue weighted by molar-refractivity contribution is 0.126. The van der Waals surface area contributed by atoms with E-state index in [1.165, 1.54) is 18.4 Å². The molecular formula is C22H28N6OS. The van der Waals surface area contributed by atoms with Crippen LogP contribution in [0.5, 0.6) is 0 Å². The summed E-state index contributed by atoms with van der Waals surface area (Å²) in [6.07, 6.45) is 7.88. The Kier molecular flexibility index (Phi) is 5.79. The van der Waals surface area contributed by atoms with E-state index in [0.717, 1.165) is 72.4 Å². The molecule has 2 aliphatic rings. The number of likely N-dealkylation sites (tertiary alicyclic amines) is 1. The van der Waals surface area contributed by atoms with E-state index in [4.69, 9.17) is 4.98 Å². The second-order valence-corrected chi connectivity index (χ2v) is 9.33. The van der Waals surface area contributed by atoms with Crippen LogP contribution in [-0.2, 0) is 6.54 Å². The highest BCUT2D eigenvalue weighted by atomic mass is 32.1. The topological polar surface area (TPSA) is 86.2 Å². The smallest absolute Gasteiger partial charge is 0.190 e. The maximum absolute atomic E-state index is 9.79. The van der Waals surface area contributed by atoms with Gasteiger partial charge in [-0.15, -0.1) is 0 Å². The van der Waals surface area contributed by atoms with Gasteiger partial charge in [0.2, 0.25) is 0 Å². The average molecular weight is 425 g/mol. The molecule has 3 N–H and O–H groups in total. The second kappa shape index (κ2) is 8.83. The van der Waals surface area contributed by atoms with Crippen molar-refractivity contribution >= 4 is 38.5 Å². The number of pyridine rings is 2. The van der Waals surface area contributed by atoms with Gasteiger partial charge in [0.05, 0.1) is 6.10 Å². The molecule has 7 nitrogen and oxygen atoms in total. The molecule has 3 aromatic heterocycles. The lowest BCUT2D eigenvalue weighted by atomic mass is 9.93. The van der Waals surface area contributed by atoms with E-state index >= 15 is 0 Å². The molecule has 8 heteroatoms. The van der Waals surface area contributed by atoms with Crippen molar-refractivity contribution in [3.8, 4) is 0 Å². The molecule has 3 aromatic rings. The minimum Gasteiger partial charge on any atom is -0.393 e. The standard InChI is InChI=1S/C22H28N6OS/c29-17-7-5-16(6-8-17)24-19-12-15(14-28-10-1-2-11-28)13-20(26-19)27-22-25-18-4-3-9-23-21(18)30-22/h3-4,9,12-13,16-17,29H,1-2,5-8,10-11,14H2,(H2,24,25,26,27). The zero-order chi connectivity index (χ0) is 20.3. The summed E-state index contributed by atoms with van der Waals surface area (Å²) in [4.78, 5) is 17.3. The van der Waals surface area contributed by atoms with E-state index in [1.54, 1.807) is 17.5 Å². The number of anilines is 3. The fourth-order valence-corrected chi connectivity index (χ4v) is 5.19. The second-order valence-electron chi connectivity index (χ2n) is 8.35. The molecule has 0 spiro atoms. The molecular weight excluding hydrogens is 396 g/mol. The summed E-state index contributed by atoms with van der Waals surface area (Å²) in [6, 6.07) is 8.56. The first-order valence-corrected chi connectivity index (χ1v) is 11.7. The van der Waals surface area contributed by atoms with Gasteiger partial charge in [0, 0.05) is 18.8 Å². The monoisotopic (exact) mass is 424 g/mol. The summed E-state index contributed by atoms with van der Waals surface area (Å²) >= 11 is 1.54. The van der Waals surface area contributed by atoms with E-state index in [-0.39, 0.29) is 6.10 Å². The van der Waals surface area contributed by atoms with Crippen molar-refractivity contribution in [2.45, 2.75) is 57.2 Å². The third-order valence-electron chi connectivity index (χ3n) is 5.94. The van der Waals surface area contributed by atoms with Crippen molar-refractivity contribution in [3.63, 3.8) is 0 Å². The zero-order valence-electron chi connectivity index (χ0n) is 17.0. The highest BCUT2D eigenvalue weighted by molar-refractivity contribution is 7.21. The Morgan fingerprint density at radius 2 is 1.87 bits per heavy atom. The highest BCUT2D eigenvalue weighted by Crippen LogP contribution is 2.28. The van der Waals surface area contributed by atoms with Crippen LogP contribution in [0.4, 0.5) is 16.8 Å². The van der Waals surface area contributed by atoms with Crippen LogP contribution in [-0.4, -0.2) is 50.2 Å². The van der Waals surface area contributed by atoms with Gasteiger partial charge in [0.15, 0.2) is 5.13 Å². The van der Waals surface area contributed by atoms with Crippen molar-refractivity contribution in [1.82, 2.24) is 19.9 Å². The van der Waals surface area contributed by atoms with Crippen molar-refractivity contribution < 1.29 is 5.11 Å². The number of aromatic nitrogens is 3. The summed E-state index contributed by atoms with van der Waals surface area (Å²) < 4.78 is 0. The molecule has 0 bridgehead atoms. The van der Waals surface area contributed by atoms with E-state index in [0.29, 0.717) is 6.04 Å². The van der Waals surface area contributed by atoms with Crippen LogP contribution in [0.25, 0.3) is 10.3 Å². The number of nitrogens with zero attached hydrogens (tertiary/aromatic N) is 4. The number of thiazole rings is 1. The molecule has 0 atom stereocenters. The van der Waals surface area contributed by atoms with E-state index in [1.807, 2.05) is 12.1 Å². The van der Waals surface area contributed by atoms with Gasteiger partial charge < -0.3 is 15.7 Å². The molecule has 30 heavy (non-hydrogen) atoms. The van der Waals surface area contributed by atoms with Gasteiger partial charge >= 0.3 is 0 Å². The van der Waals surface area contributed by atoms with Gasteiger partial charge in [0.25, 0.3) is 0 Å². The number of hydrogen-bond donors (Lipinski definition) is 3. The quantitative estimate of drug-likeness (QED) is 0.548. The first-order valence-electron chi connectivity index (χ1n) is 10.9. The number of aliphatic hydroxyl groups excluding tert-OH is 1. The molecule has 1 aliphatic carbocycles. The van der Waals surface area contributed by atoms with Crippen LogP contribution in [0.15, 0.2) is 30.5 Å². The number of rotatable bonds is 6. The Morgan fingerprint density at radius 3 is 2.67 bits per heavy atom. The first-order chi connectivity index (χ1) is 14.7. The summed E-state index contributed by atoms with van der Waals surface area (Å²) in [5.41, 5.74) is 2.16. The molecule has 158 valence electrons. The maximum Gasteiger partial charge on any atom is 0.190 e. The largest absolute Gasteiger partial charge is 0.393 e. The fourth-order valence-electron chi connectivity index (χ4n) is 4.38. The Morgan fingerprint density at radius 1 is 1.07 bits per heavy atom. The third kappa shape index (κ3) is 4.71. The highest BCUT2D eigenvalue weighted by Gasteiger charge is 2.20. The number of hydrogen-bond acceptors (Lipinski definition) is 8. The normalized spacial score (nSPS) is 22.4. The van der Waals surface area contributed by atoms with Gasteiger partial charge in [-0.3, -0.25) is 4.90 Å². The average Bonchev–Trinajstić information content (AvgIpc) is 3.38. The van der Waals surface area contributed by atoms with Crippen molar-refractivity contribution in [3.05, 3.63) is 36.0 Å². The van der Waals surface area contributed by atoms with Crippen LogP contribution < -0.4 is 10.6 Å². The van der Waals surface area contributed by atoms with Gasteiger partial charge in [-0.05, 0) is 81.4 Å². The lowest BCUT2D eigenvalue weighted by Gasteiger charge is -2.27. The summed E-state index contributed by atoms with van der Waals surface area (Å²) in [7, 11) is 0. The van der Waals surface area contributed by atoms with Crippen molar-refractivity contribution in [2.75, 3.05) is 23.7 Å². The van der Waals surface area contributed by atoms with Gasteiger partial charge in [-0.1, -0.05) is 11.3 Å². The molecule has 1 saturated carbocycles.